The summed E-state index contributed by atoms with van der Waals surface area (Å²) in [5.41, 5.74) is 3.45. The van der Waals surface area contributed by atoms with Crippen LogP contribution in [0.4, 0.5) is 0 Å². The fraction of sp³-hybridized carbons (Fsp3) is 0.308. The molecule has 0 saturated heterocycles. The number of aryl methyl sites for hydroxylation is 1. The number of nitrogens with one attached hydrogen (secondary N) is 1. The number of rotatable bonds is 4. The van der Waals surface area contributed by atoms with Crippen molar-refractivity contribution in [2.75, 3.05) is 6.54 Å². The maximum Gasteiger partial charge on any atom is 0.115 e. The third-order valence-electron chi connectivity index (χ3n) is 2.71. The Balaban J connectivity index is 2.39. The summed E-state index contributed by atoms with van der Waals surface area (Å²) in [5.74, 6) is 0. The molecular formula is C13H16N4. The maximum absolute atomic E-state index is 4.19. The lowest BCUT2D eigenvalue weighted by Crippen LogP contribution is -2.23. The zero-order chi connectivity index (χ0) is 12.1. The van der Waals surface area contributed by atoms with Gasteiger partial charge in [0, 0.05) is 30.4 Å². The van der Waals surface area contributed by atoms with E-state index in [9.17, 15) is 0 Å². The van der Waals surface area contributed by atoms with Gasteiger partial charge < -0.3 is 5.32 Å². The van der Waals surface area contributed by atoms with E-state index in [0.29, 0.717) is 0 Å². The molecule has 0 aliphatic rings. The van der Waals surface area contributed by atoms with Gasteiger partial charge in [-0.05, 0) is 30.7 Å². The summed E-state index contributed by atoms with van der Waals surface area (Å²) in [7, 11) is 0. The first-order chi connectivity index (χ1) is 8.33. The zero-order valence-corrected chi connectivity index (χ0v) is 10.1. The predicted octanol–water partition coefficient (Wildman–Crippen LogP) is 1.88. The van der Waals surface area contributed by atoms with Crippen LogP contribution in [0.15, 0.2) is 37.2 Å². The van der Waals surface area contributed by atoms with Gasteiger partial charge in [-0.1, -0.05) is 6.92 Å². The van der Waals surface area contributed by atoms with Crippen LogP contribution in [0.2, 0.25) is 0 Å². The third kappa shape index (κ3) is 2.65. The fourth-order valence-corrected chi connectivity index (χ4v) is 1.85. The van der Waals surface area contributed by atoms with Crippen molar-refractivity contribution in [2.24, 2.45) is 0 Å². The molecule has 2 heterocycles. The highest BCUT2D eigenvalue weighted by Gasteiger charge is 2.15. The Hall–Kier alpha value is -1.81. The van der Waals surface area contributed by atoms with E-state index in [0.717, 1.165) is 12.1 Å². The first-order valence-corrected chi connectivity index (χ1v) is 5.71. The second kappa shape index (κ2) is 5.50. The molecule has 0 radical (unpaired) electrons. The van der Waals surface area contributed by atoms with Crippen molar-refractivity contribution in [3.05, 3.63) is 53.9 Å². The van der Waals surface area contributed by atoms with E-state index in [1.54, 1.807) is 6.33 Å². The first kappa shape index (κ1) is 11.7. The molecule has 1 N–H and O–H groups in total. The lowest BCUT2D eigenvalue weighted by Gasteiger charge is -2.19. The van der Waals surface area contributed by atoms with E-state index < -0.39 is 0 Å². The summed E-state index contributed by atoms with van der Waals surface area (Å²) in [6.45, 7) is 5.06. The summed E-state index contributed by atoms with van der Waals surface area (Å²) in [6, 6.07) is 2.12. The molecule has 4 heteroatoms. The van der Waals surface area contributed by atoms with Crippen molar-refractivity contribution in [1.29, 1.82) is 0 Å². The minimum Gasteiger partial charge on any atom is -0.306 e. The number of nitrogens with zero attached hydrogens (tertiary/aromatic N) is 3. The van der Waals surface area contributed by atoms with Crippen molar-refractivity contribution < 1.29 is 0 Å². The van der Waals surface area contributed by atoms with Gasteiger partial charge in [-0.15, -0.1) is 0 Å². The standard InChI is InChI=1S/C13H16N4/c1-3-17-13(11-6-15-9-16-7-11)12-8-14-5-4-10(12)2/h4-9,13,17H,3H2,1-2H3. The molecule has 4 nitrogen and oxygen atoms in total. The highest BCUT2D eigenvalue weighted by Crippen LogP contribution is 2.22. The lowest BCUT2D eigenvalue weighted by atomic mass is 9.99. The summed E-state index contributed by atoms with van der Waals surface area (Å²) in [4.78, 5) is 12.3. The van der Waals surface area contributed by atoms with Gasteiger partial charge in [-0.25, -0.2) is 9.97 Å². The van der Waals surface area contributed by atoms with Gasteiger partial charge in [-0.2, -0.15) is 0 Å². The smallest absolute Gasteiger partial charge is 0.115 e. The van der Waals surface area contributed by atoms with Crippen molar-refractivity contribution in [1.82, 2.24) is 20.3 Å². The molecular weight excluding hydrogens is 212 g/mol. The highest BCUT2D eigenvalue weighted by molar-refractivity contribution is 5.32. The first-order valence-electron chi connectivity index (χ1n) is 5.71. The summed E-state index contributed by atoms with van der Waals surface area (Å²) in [6.07, 6.45) is 8.93. The second-order valence-electron chi connectivity index (χ2n) is 3.89. The van der Waals surface area contributed by atoms with E-state index in [2.05, 4.69) is 34.1 Å². The summed E-state index contributed by atoms with van der Waals surface area (Å²) < 4.78 is 0. The molecule has 1 atom stereocenters. The molecule has 0 fully saturated rings. The molecule has 0 saturated carbocycles. The molecule has 0 aromatic carbocycles. The molecule has 0 spiro atoms. The van der Waals surface area contributed by atoms with Gasteiger partial charge in [0.05, 0.1) is 6.04 Å². The van der Waals surface area contributed by atoms with Crippen molar-refractivity contribution in [3.63, 3.8) is 0 Å². The van der Waals surface area contributed by atoms with Crippen LogP contribution in [0, 0.1) is 6.92 Å². The zero-order valence-electron chi connectivity index (χ0n) is 10.1. The molecule has 0 bridgehead atoms. The molecule has 17 heavy (non-hydrogen) atoms. The van der Waals surface area contributed by atoms with Crippen LogP contribution in [0.25, 0.3) is 0 Å². The molecule has 2 aromatic rings. The Kier molecular flexibility index (Phi) is 3.77. The second-order valence-corrected chi connectivity index (χ2v) is 3.89. The quantitative estimate of drug-likeness (QED) is 0.868. The molecule has 2 aromatic heterocycles. The topological polar surface area (TPSA) is 50.7 Å². The minimum atomic E-state index is 0.106. The number of aromatic nitrogens is 3. The average molecular weight is 228 g/mol. The average Bonchev–Trinajstić information content (AvgIpc) is 2.38. The molecule has 1 unspecified atom stereocenters. The Morgan fingerprint density at radius 3 is 2.59 bits per heavy atom. The van der Waals surface area contributed by atoms with Crippen LogP contribution >= 0.6 is 0 Å². The molecule has 88 valence electrons. The van der Waals surface area contributed by atoms with Gasteiger partial charge in [0.15, 0.2) is 0 Å². The van der Waals surface area contributed by atoms with Gasteiger partial charge >= 0.3 is 0 Å². The predicted molar refractivity (Wildman–Crippen MR) is 66.5 cm³/mol. The third-order valence-corrected chi connectivity index (χ3v) is 2.71. The van der Waals surface area contributed by atoms with Crippen molar-refractivity contribution in [3.8, 4) is 0 Å². The number of hydrogen-bond donors (Lipinski definition) is 1. The number of hydrogen-bond acceptors (Lipinski definition) is 4. The Bertz CT molecular complexity index is 470. The normalized spacial score (nSPS) is 12.4. The van der Waals surface area contributed by atoms with Gasteiger partial charge in [-0.3, -0.25) is 4.98 Å². The lowest BCUT2D eigenvalue weighted by molar-refractivity contribution is 0.621. The summed E-state index contributed by atoms with van der Waals surface area (Å²) >= 11 is 0. The summed E-state index contributed by atoms with van der Waals surface area (Å²) in [5, 5.41) is 3.44. The molecule has 0 aliphatic heterocycles. The van der Waals surface area contributed by atoms with E-state index in [1.807, 2.05) is 30.9 Å². The Labute approximate surface area is 101 Å². The SMILES string of the molecule is CCNC(c1cncnc1)c1cnccc1C. The molecule has 0 aliphatic carbocycles. The molecule has 2 rings (SSSR count). The van der Waals surface area contributed by atoms with Gasteiger partial charge in [0.2, 0.25) is 0 Å². The van der Waals surface area contributed by atoms with Crippen LogP contribution in [-0.2, 0) is 0 Å². The Morgan fingerprint density at radius 1 is 1.18 bits per heavy atom. The van der Waals surface area contributed by atoms with Crippen molar-refractivity contribution in [2.45, 2.75) is 19.9 Å². The highest BCUT2D eigenvalue weighted by atomic mass is 14.9. The molecule has 0 amide bonds. The van der Waals surface area contributed by atoms with Crippen LogP contribution in [0.5, 0.6) is 0 Å². The van der Waals surface area contributed by atoms with Gasteiger partial charge in [0.25, 0.3) is 0 Å². The van der Waals surface area contributed by atoms with E-state index in [1.165, 1.54) is 11.1 Å². The number of pyridine rings is 1. The van der Waals surface area contributed by atoms with E-state index in [-0.39, 0.29) is 6.04 Å². The van der Waals surface area contributed by atoms with Crippen LogP contribution < -0.4 is 5.32 Å². The van der Waals surface area contributed by atoms with Crippen LogP contribution in [0.3, 0.4) is 0 Å². The largest absolute Gasteiger partial charge is 0.306 e. The Morgan fingerprint density at radius 2 is 1.94 bits per heavy atom. The van der Waals surface area contributed by atoms with Crippen LogP contribution in [-0.4, -0.2) is 21.5 Å². The van der Waals surface area contributed by atoms with E-state index in [4.69, 9.17) is 0 Å². The monoisotopic (exact) mass is 228 g/mol. The van der Waals surface area contributed by atoms with Gasteiger partial charge in [0.1, 0.15) is 6.33 Å². The fourth-order valence-electron chi connectivity index (χ4n) is 1.85. The van der Waals surface area contributed by atoms with Crippen molar-refractivity contribution >= 4 is 0 Å². The maximum atomic E-state index is 4.19. The minimum absolute atomic E-state index is 0.106. The van der Waals surface area contributed by atoms with E-state index >= 15 is 0 Å². The van der Waals surface area contributed by atoms with Crippen LogP contribution in [0.1, 0.15) is 29.7 Å².